The lowest BCUT2D eigenvalue weighted by Crippen LogP contribution is -2.44. The van der Waals surface area contributed by atoms with Gasteiger partial charge >= 0.3 is 0 Å². The van der Waals surface area contributed by atoms with E-state index < -0.39 is 33.5 Å². The molecule has 6 nitrogen and oxygen atoms in total. The van der Waals surface area contributed by atoms with Gasteiger partial charge in [-0.2, -0.15) is 0 Å². The topological polar surface area (TPSA) is 127 Å². The first-order chi connectivity index (χ1) is 18.6. The van der Waals surface area contributed by atoms with Gasteiger partial charge in [0.25, 0.3) is 0 Å². The number of phenolic OH excluding ortho intramolecular Hbond substituents is 2. The molecule has 6 N–H and O–H groups in total. The highest BCUT2D eigenvalue weighted by Gasteiger charge is 2.44. The summed E-state index contributed by atoms with van der Waals surface area (Å²) in [7, 11) is 0. The van der Waals surface area contributed by atoms with Crippen molar-refractivity contribution in [1.82, 2.24) is 0 Å². The lowest BCUT2D eigenvalue weighted by Gasteiger charge is -2.37. The summed E-state index contributed by atoms with van der Waals surface area (Å²) < 4.78 is 0. The van der Waals surface area contributed by atoms with Gasteiger partial charge in [0.05, 0.1) is 10.8 Å². The molecule has 0 aliphatic heterocycles. The molecule has 234 valence electrons. The molecule has 2 amide bonds. The summed E-state index contributed by atoms with van der Waals surface area (Å²) in [6.07, 6.45) is 0.243. The number of nitrogens with two attached hydrogens (primary N) is 2. The predicted molar refractivity (Wildman–Crippen MR) is 173 cm³/mol. The van der Waals surface area contributed by atoms with Crippen LogP contribution in [0.3, 0.4) is 0 Å². The van der Waals surface area contributed by atoms with Gasteiger partial charge in [-0.15, -0.1) is 0 Å². The molecule has 2 aromatic carbocycles. The van der Waals surface area contributed by atoms with Gasteiger partial charge in [0.15, 0.2) is 0 Å². The largest absolute Gasteiger partial charge is 0.507 e. The molecule has 0 bridgehead atoms. The standard InChI is InChI=1S/C36H56N2O4/c1-31(2,3)21-17-23(33(7,8)9)27(39)25(19-21)35(13,29(37)41)15-16-36(14,30(38)42)26-20-22(32(4,5)6)18-24(28(26)40)34(10,11)12/h17-20,39-40H,15-16H2,1-14H3,(H2,37,41)(H2,38,42). The molecule has 2 aromatic rings. The third-order valence-electron chi connectivity index (χ3n) is 8.97. The molecule has 6 heteroatoms. The Morgan fingerprint density at radius 2 is 0.738 bits per heavy atom. The molecule has 0 saturated carbocycles. The fraction of sp³-hybridized carbons (Fsp3) is 0.611. The summed E-state index contributed by atoms with van der Waals surface area (Å²) in [6, 6.07) is 7.73. The molecule has 0 spiro atoms. The Kier molecular flexibility index (Phi) is 9.14. The van der Waals surface area contributed by atoms with Crippen molar-refractivity contribution in [3.63, 3.8) is 0 Å². The van der Waals surface area contributed by atoms with Crippen molar-refractivity contribution >= 4 is 11.8 Å². The minimum absolute atomic E-state index is 0.0326. The number of hydrogen-bond donors (Lipinski definition) is 4. The quantitative estimate of drug-likeness (QED) is 0.275. The molecule has 42 heavy (non-hydrogen) atoms. The Hall–Kier alpha value is -3.02. The minimum atomic E-state index is -1.33. The first-order valence-electron chi connectivity index (χ1n) is 14.9. The summed E-state index contributed by atoms with van der Waals surface area (Å²) in [5.74, 6) is -1.16. The number of rotatable bonds is 7. The van der Waals surface area contributed by atoms with Crippen LogP contribution < -0.4 is 11.5 Å². The zero-order valence-corrected chi connectivity index (χ0v) is 28.6. The van der Waals surface area contributed by atoms with E-state index in [1.54, 1.807) is 13.8 Å². The second kappa shape index (κ2) is 10.9. The molecular weight excluding hydrogens is 524 g/mol. The zero-order valence-electron chi connectivity index (χ0n) is 28.6. The molecule has 0 aliphatic carbocycles. The van der Waals surface area contributed by atoms with Crippen LogP contribution in [0.25, 0.3) is 0 Å². The molecule has 0 aliphatic rings. The Morgan fingerprint density at radius 1 is 0.500 bits per heavy atom. The molecule has 0 fully saturated rings. The molecule has 2 rings (SSSR count). The molecule has 2 atom stereocenters. The van der Waals surface area contributed by atoms with Crippen LogP contribution in [0.1, 0.15) is 143 Å². The Labute approximate surface area is 254 Å². The van der Waals surface area contributed by atoms with Gasteiger partial charge < -0.3 is 21.7 Å². The minimum Gasteiger partial charge on any atom is -0.507 e. The molecule has 2 unspecified atom stereocenters. The third kappa shape index (κ3) is 6.79. The predicted octanol–water partition coefficient (Wildman–Crippen LogP) is 7.25. The van der Waals surface area contributed by atoms with Crippen LogP contribution >= 0.6 is 0 Å². The van der Waals surface area contributed by atoms with E-state index in [0.29, 0.717) is 11.1 Å². The average molecular weight is 581 g/mol. The molecular formula is C36H56N2O4. The lowest BCUT2D eigenvalue weighted by molar-refractivity contribution is -0.126. The number of aromatic hydroxyl groups is 2. The van der Waals surface area contributed by atoms with E-state index in [9.17, 15) is 19.8 Å². The number of phenols is 2. The van der Waals surface area contributed by atoms with E-state index in [1.807, 2.05) is 65.8 Å². The molecule has 0 saturated heterocycles. The lowest BCUT2D eigenvalue weighted by atomic mass is 9.66. The molecule has 0 heterocycles. The van der Waals surface area contributed by atoms with E-state index in [1.165, 1.54) is 0 Å². The van der Waals surface area contributed by atoms with Crippen molar-refractivity contribution in [2.75, 3.05) is 0 Å². The van der Waals surface area contributed by atoms with Gasteiger partial charge in [-0.1, -0.05) is 107 Å². The summed E-state index contributed by atoms with van der Waals surface area (Å²) in [5, 5.41) is 23.2. The van der Waals surface area contributed by atoms with Gasteiger partial charge in [0, 0.05) is 11.1 Å². The first kappa shape index (κ1) is 35.2. The monoisotopic (exact) mass is 580 g/mol. The SMILES string of the molecule is CC(C)(C)c1cc(C(C)(C)C)c(O)c(C(C)(CCC(C)(C(N)=O)c2cc(C(C)(C)C)cc(C(C)(C)C)c2O)C(N)=O)c1. The third-order valence-corrected chi connectivity index (χ3v) is 8.97. The van der Waals surface area contributed by atoms with E-state index in [2.05, 4.69) is 41.5 Å². The second-order valence-corrected chi connectivity index (χ2v) is 16.7. The van der Waals surface area contributed by atoms with Gasteiger partial charge in [-0.05, 0) is 70.6 Å². The van der Waals surface area contributed by atoms with Crippen LogP contribution in [0.4, 0.5) is 0 Å². The van der Waals surface area contributed by atoms with Crippen LogP contribution in [-0.2, 0) is 42.1 Å². The second-order valence-electron chi connectivity index (χ2n) is 16.7. The fourth-order valence-electron chi connectivity index (χ4n) is 5.40. The maximum Gasteiger partial charge on any atom is 0.227 e. The van der Waals surface area contributed by atoms with E-state index in [0.717, 1.165) is 22.3 Å². The average Bonchev–Trinajstić information content (AvgIpc) is 2.79. The van der Waals surface area contributed by atoms with Crippen molar-refractivity contribution in [3.05, 3.63) is 57.6 Å². The maximum atomic E-state index is 13.3. The number of carbonyl (C=O) groups excluding carboxylic acids is 2. The summed E-state index contributed by atoms with van der Waals surface area (Å²) in [4.78, 5) is 26.6. The highest BCUT2D eigenvalue weighted by molar-refractivity contribution is 5.89. The van der Waals surface area contributed by atoms with Crippen LogP contribution in [0.2, 0.25) is 0 Å². The van der Waals surface area contributed by atoms with Crippen LogP contribution in [-0.4, -0.2) is 22.0 Å². The number of benzene rings is 2. The summed E-state index contributed by atoms with van der Waals surface area (Å²) in [5.41, 5.74) is 12.5. The smallest absolute Gasteiger partial charge is 0.227 e. The van der Waals surface area contributed by atoms with Crippen LogP contribution in [0, 0.1) is 0 Å². The van der Waals surface area contributed by atoms with Gasteiger partial charge in [0.1, 0.15) is 11.5 Å². The number of hydrogen-bond acceptors (Lipinski definition) is 4. The van der Waals surface area contributed by atoms with Gasteiger partial charge in [-0.3, -0.25) is 9.59 Å². The van der Waals surface area contributed by atoms with E-state index in [4.69, 9.17) is 11.5 Å². The van der Waals surface area contributed by atoms with Crippen molar-refractivity contribution in [1.29, 1.82) is 0 Å². The maximum absolute atomic E-state index is 13.3. The van der Waals surface area contributed by atoms with Crippen molar-refractivity contribution < 1.29 is 19.8 Å². The Bertz CT molecular complexity index is 1260. The van der Waals surface area contributed by atoms with E-state index in [-0.39, 0.29) is 35.2 Å². The van der Waals surface area contributed by atoms with Gasteiger partial charge in [-0.25, -0.2) is 0 Å². The van der Waals surface area contributed by atoms with Crippen molar-refractivity contribution in [2.24, 2.45) is 11.5 Å². The highest BCUT2D eigenvalue weighted by Crippen LogP contribution is 2.48. The van der Waals surface area contributed by atoms with Crippen LogP contribution in [0.15, 0.2) is 24.3 Å². The first-order valence-corrected chi connectivity index (χ1v) is 14.9. The Morgan fingerprint density at radius 3 is 0.929 bits per heavy atom. The molecule has 0 radical (unpaired) electrons. The van der Waals surface area contributed by atoms with Crippen molar-refractivity contribution in [2.45, 2.75) is 142 Å². The van der Waals surface area contributed by atoms with Gasteiger partial charge in [0.2, 0.25) is 11.8 Å². The number of carbonyl (C=O) groups is 2. The molecule has 0 aromatic heterocycles. The fourth-order valence-corrected chi connectivity index (χ4v) is 5.40. The summed E-state index contributed by atoms with van der Waals surface area (Å²) in [6.45, 7) is 28.0. The highest BCUT2D eigenvalue weighted by atomic mass is 16.3. The van der Waals surface area contributed by atoms with E-state index >= 15 is 0 Å². The normalized spacial score (nSPS) is 16.0. The van der Waals surface area contributed by atoms with Crippen molar-refractivity contribution in [3.8, 4) is 11.5 Å². The number of amides is 2. The Balaban J connectivity index is 2.86. The summed E-state index contributed by atoms with van der Waals surface area (Å²) >= 11 is 0. The van der Waals surface area contributed by atoms with Crippen LogP contribution in [0.5, 0.6) is 11.5 Å². The number of primary amides is 2. The zero-order chi connectivity index (χ0) is 33.0.